The lowest BCUT2D eigenvalue weighted by atomic mass is 10.0. The van der Waals surface area contributed by atoms with Crippen molar-refractivity contribution in [1.82, 2.24) is 10.2 Å². The van der Waals surface area contributed by atoms with Crippen molar-refractivity contribution in [2.45, 2.75) is 38.6 Å². The number of benzene rings is 1. The van der Waals surface area contributed by atoms with E-state index in [-0.39, 0.29) is 5.82 Å². The van der Waals surface area contributed by atoms with E-state index in [1.165, 1.54) is 18.4 Å². The monoisotopic (exact) mass is 266 g/mol. The van der Waals surface area contributed by atoms with Gasteiger partial charge in [-0.1, -0.05) is 31.9 Å². The molecule has 1 aromatic rings. The van der Waals surface area contributed by atoms with Crippen molar-refractivity contribution in [3.63, 3.8) is 0 Å². The average molecular weight is 266 g/mol. The Morgan fingerprint density at radius 3 is 2.42 bits per heavy atom. The first-order valence-electron chi connectivity index (χ1n) is 7.27. The molecular formula is C16H27FN2. The van der Waals surface area contributed by atoms with Crippen molar-refractivity contribution < 1.29 is 4.39 Å². The third kappa shape index (κ3) is 6.69. The van der Waals surface area contributed by atoms with Crippen LogP contribution in [0, 0.1) is 5.82 Å². The molecule has 1 aromatic carbocycles. The first kappa shape index (κ1) is 16.1. The van der Waals surface area contributed by atoms with Gasteiger partial charge in [0.1, 0.15) is 5.82 Å². The molecule has 19 heavy (non-hydrogen) atoms. The number of rotatable bonds is 9. The molecule has 1 unspecified atom stereocenters. The topological polar surface area (TPSA) is 15.3 Å². The van der Waals surface area contributed by atoms with E-state index in [9.17, 15) is 4.39 Å². The van der Waals surface area contributed by atoms with Gasteiger partial charge >= 0.3 is 0 Å². The predicted octanol–water partition coefficient (Wildman–Crippen LogP) is 3.60. The molecule has 1 rings (SSSR count). The number of nitrogens with one attached hydrogen (secondary N) is 1. The van der Waals surface area contributed by atoms with Gasteiger partial charge in [-0.05, 0) is 57.7 Å². The Balaban J connectivity index is 2.48. The molecule has 0 aromatic heterocycles. The van der Waals surface area contributed by atoms with Gasteiger partial charge in [0.05, 0.1) is 0 Å². The maximum atomic E-state index is 13.0. The smallest absolute Gasteiger partial charge is 0.123 e. The predicted molar refractivity (Wildman–Crippen MR) is 79.8 cm³/mol. The Kier molecular flexibility index (Phi) is 7.68. The zero-order valence-electron chi connectivity index (χ0n) is 12.5. The van der Waals surface area contributed by atoms with Crippen LogP contribution in [-0.2, 0) is 0 Å². The fourth-order valence-corrected chi connectivity index (χ4v) is 2.16. The van der Waals surface area contributed by atoms with E-state index in [0.717, 1.165) is 25.9 Å². The van der Waals surface area contributed by atoms with Crippen molar-refractivity contribution in [3.05, 3.63) is 35.6 Å². The van der Waals surface area contributed by atoms with E-state index in [1.54, 1.807) is 12.1 Å². The Labute approximate surface area is 117 Å². The van der Waals surface area contributed by atoms with Gasteiger partial charge in [0.15, 0.2) is 0 Å². The minimum Gasteiger partial charge on any atom is -0.310 e. The SMILES string of the molecule is CCCCC(NCCCN(C)C)c1ccc(F)cc1. The summed E-state index contributed by atoms with van der Waals surface area (Å²) in [5.41, 5.74) is 1.19. The lowest BCUT2D eigenvalue weighted by molar-refractivity contribution is 0.382. The van der Waals surface area contributed by atoms with Crippen LogP contribution >= 0.6 is 0 Å². The van der Waals surface area contributed by atoms with E-state index in [4.69, 9.17) is 0 Å². The molecule has 0 aliphatic carbocycles. The number of nitrogens with zero attached hydrogens (tertiary/aromatic N) is 1. The highest BCUT2D eigenvalue weighted by Gasteiger charge is 2.10. The largest absolute Gasteiger partial charge is 0.310 e. The van der Waals surface area contributed by atoms with Crippen molar-refractivity contribution in [1.29, 1.82) is 0 Å². The van der Waals surface area contributed by atoms with Gasteiger partial charge in [-0.2, -0.15) is 0 Å². The molecule has 2 nitrogen and oxygen atoms in total. The van der Waals surface area contributed by atoms with Crippen LogP contribution in [-0.4, -0.2) is 32.1 Å². The Morgan fingerprint density at radius 1 is 1.16 bits per heavy atom. The molecule has 0 amide bonds. The number of halogens is 1. The van der Waals surface area contributed by atoms with Gasteiger partial charge in [0.25, 0.3) is 0 Å². The van der Waals surface area contributed by atoms with Crippen LogP contribution in [0.2, 0.25) is 0 Å². The lowest BCUT2D eigenvalue weighted by Crippen LogP contribution is -2.25. The quantitative estimate of drug-likeness (QED) is 0.687. The van der Waals surface area contributed by atoms with Gasteiger partial charge in [0, 0.05) is 6.04 Å². The van der Waals surface area contributed by atoms with Crippen LogP contribution in [0.15, 0.2) is 24.3 Å². The van der Waals surface area contributed by atoms with Crippen LogP contribution in [0.4, 0.5) is 4.39 Å². The highest BCUT2D eigenvalue weighted by Crippen LogP contribution is 2.19. The molecular weight excluding hydrogens is 239 g/mol. The second kappa shape index (κ2) is 9.05. The van der Waals surface area contributed by atoms with E-state index < -0.39 is 0 Å². The molecule has 1 N–H and O–H groups in total. The van der Waals surface area contributed by atoms with E-state index in [0.29, 0.717) is 6.04 Å². The van der Waals surface area contributed by atoms with E-state index in [2.05, 4.69) is 31.2 Å². The molecule has 0 spiro atoms. The van der Waals surface area contributed by atoms with E-state index in [1.807, 2.05) is 12.1 Å². The highest BCUT2D eigenvalue weighted by molar-refractivity contribution is 5.19. The highest BCUT2D eigenvalue weighted by atomic mass is 19.1. The van der Waals surface area contributed by atoms with Crippen LogP contribution in [0.25, 0.3) is 0 Å². The maximum absolute atomic E-state index is 13.0. The van der Waals surface area contributed by atoms with Gasteiger partial charge in [-0.3, -0.25) is 0 Å². The molecule has 0 aliphatic heterocycles. The molecule has 0 fully saturated rings. The van der Waals surface area contributed by atoms with Crippen LogP contribution in [0.5, 0.6) is 0 Å². The minimum absolute atomic E-state index is 0.161. The summed E-state index contributed by atoms with van der Waals surface area (Å²) < 4.78 is 13.0. The molecule has 0 heterocycles. The molecule has 0 bridgehead atoms. The second-order valence-corrected chi connectivity index (χ2v) is 5.36. The van der Waals surface area contributed by atoms with Crippen molar-refractivity contribution >= 4 is 0 Å². The number of unbranched alkanes of at least 4 members (excludes halogenated alkanes) is 1. The summed E-state index contributed by atoms with van der Waals surface area (Å²) in [6.45, 7) is 4.30. The summed E-state index contributed by atoms with van der Waals surface area (Å²) in [7, 11) is 4.18. The zero-order valence-corrected chi connectivity index (χ0v) is 12.5. The lowest BCUT2D eigenvalue weighted by Gasteiger charge is -2.20. The average Bonchev–Trinajstić information content (AvgIpc) is 2.39. The van der Waals surface area contributed by atoms with Gasteiger partial charge in [-0.15, -0.1) is 0 Å². The summed E-state index contributed by atoms with van der Waals surface area (Å²) in [6.07, 6.45) is 4.64. The van der Waals surface area contributed by atoms with Gasteiger partial charge in [0.2, 0.25) is 0 Å². The molecule has 0 radical (unpaired) electrons. The van der Waals surface area contributed by atoms with Crippen molar-refractivity contribution in [2.24, 2.45) is 0 Å². The summed E-state index contributed by atoms with van der Waals surface area (Å²) >= 11 is 0. The maximum Gasteiger partial charge on any atom is 0.123 e. The normalized spacial score (nSPS) is 12.9. The summed E-state index contributed by atoms with van der Waals surface area (Å²) in [5.74, 6) is -0.161. The minimum atomic E-state index is -0.161. The molecule has 3 heteroatoms. The van der Waals surface area contributed by atoms with E-state index >= 15 is 0 Å². The number of hydrogen-bond acceptors (Lipinski definition) is 2. The van der Waals surface area contributed by atoms with Crippen LogP contribution < -0.4 is 5.32 Å². The molecule has 0 aliphatic rings. The third-order valence-electron chi connectivity index (χ3n) is 3.29. The molecule has 1 atom stereocenters. The molecule has 108 valence electrons. The van der Waals surface area contributed by atoms with Gasteiger partial charge in [-0.25, -0.2) is 4.39 Å². The summed E-state index contributed by atoms with van der Waals surface area (Å²) in [6, 6.07) is 7.25. The molecule has 0 saturated carbocycles. The fraction of sp³-hybridized carbons (Fsp3) is 0.625. The van der Waals surface area contributed by atoms with Gasteiger partial charge < -0.3 is 10.2 Å². The van der Waals surface area contributed by atoms with Crippen LogP contribution in [0.3, 0.4) is 0 Å². The van der Waals surface area contributed by atoms with Crippen molar-refractivity contribution in [3.8, 4) is 0 Å². The second-order valence-electron chi connectivity index (χ2n) is 5.36. The van der Waals surface area contributed by atoms with Crippen LogP contribution in [0.1, 0.15) is 44.2 Å². The Morgan fingerprint density at radius 2 is 1.84 bits per heavy atom. The van der Waals surface area contributed by atoms with Crippen molar-refractivity contribution in [2.75, 3.05) is 27.2 Å². The Bertz CT molecular complexity index is 335. The molecule has 0 saturated heterocycles. The zero-order chi connectivity index (χ0) is 14.1. The number of hydrogen-bond donors (Lipinski definition) is 1. The summed E-state index contributed by atoms with van der Waals surface area (Å²) in [5, 5.41) is 3.60. The standard InChI is InChI=1S/C16H27FN2/c1-4-5-7-16(18-12-6-13-19(2)3)14-8-10-15(17)11-9-14/h8-11,16,18H,4-7,12-13H2,1-3H3. The fourth-order valence-electron chi connectivity index (χ4n) is 2.16. The first-order valence-corrected chi connectivity index (χ1v) is 7.27. The Hall–Kier alpha value is -0.930. The summed E-state index contributed by atoms with van der Waals surface area (Å²) in [4.78, 5) is 2.20. The first-order chi connectivity index (χ1) is 9.13. The third-order valence-corrected chi connectivity index (χ3v) is 3.29.